The number of amides is 1. The van der Waals surface area contributed by atoms with E-state index in [0.717, 1.165) is 4.31 Å². The van der Waals surface area contributed by atoms with Gasteiger partial charge in [-0.3, -0.25) is 13.8 Å². The third kappa shape index (κ3) is 6.56. The SMILES string of the molecule is O=C(CN(c1cccc(Br)c1)S(=O)(=O)c1ccccc1)Nc1ccc(S(=O)(=O)Nc2ccccc2)cc1. The number of halogens is 1. The van der Waals surface area contributed by atoms with E-state index in [1.165, 1.54) is 36.4 Å². The second-order valence-electron chi connectivity index (χ2n) is 7.85. The Balaban J connectivity index is 1.53. The van der Waals surface area contributed by atoms with E-state index in [1.807, 2.05) is 0 Å². The van der Waals surface area contributed by atoms with Gasteiger partial charge in [0.2, 0.25) is 5.91 Å². The molecule has 37 heavy (non-hydrogen) atoms. The third-order valence-electron chi connectivity index (χ3n) is 5.19. The Kier molecular flexibility index (Phi) is 7.96. The summed E-state index contributed by atoms with van der Waals surface area (Å²) >= 11 is 3.34. The maximum atomic E-state index is 13.4. The molecule has 0 unspecified atom stereocenters. The largest absolute Gasteiger partial charge is 0.325 e. The molecule has 0 aliphatic heterocycles. The predicted octanol–water partition coefficient (Wildman–Crippen LogP) is 5.08. The highest BCUT2D eigenvalue weighted by molar-refractivity contribution is 9.10. The quantitative estimate of drug-likeness (QED) is 0.278. The summed E-state index contributed by atoms with van der Waals surface area (Å²) in [7, 11) is -7.87. The van der Waals surface area contributed by atoms with Gasteiger partial charge in [0.05, 0.1) is 15.5 Å². The molecule has 0 heterocycles. The van der Waals surface area contributed by atoms with Crippen LogP contribution in [0.25, 0.3) is 0 Å². The van der Waals surface area contributed by atoms with Crippen molar-refractivity contribution in [1.82, 2.24) is 0 Å². The zero-order valence-corrected chi connectivity index (χ0v) is 22.5. The highest BCUT2D eigenvalue weighted by Gasteiger charge is 2.27. The van der Waals surface area contributed by atoms with Crippen LogP contribution in [0.5, 0.6) is 0 Å². The molecule has 0 saturated heterocycles. The number of nitrogens with one attached hydrogen (secondary N) is 2. The molecule has 0 spiro atoms. The Bertz CT molecular complexity index is 1600. The van der Waals surface area contributed by atoms with Gasteiger partial charge < -0.3 is 5.32 Å². The molecule has 0 aromatic heterocycles. The number of hydrogen-bond donors (Lipinski definition) is 2. The molecule has 0 fully saturated rings. The van der Waals surface area contributed by atoms with Gasteiger partial charge in [-0.25, -0.2) is 16.8 Å². The summed E-state index contributed by atoms with van der Waals surface area (Å²) in [6.45, 7) is -0.497. The number of benzene rings is 4. The number of rotatable bonds is 9. The fourth-order valence-corrected chi connectivity index (χ4v) is 6.31. The molecule has 11 heteroatoms. The maximum Gasteiger partial charge on any atom is 0.264 e. The van der Waals surface area contributed by atoms with Crippen molar-refractivity contribution in [2.75, 3.05) is 20.9 Å². The van der Waals surface area contributed by atoms with E-state index in [1.54, 1.807) is 72.8 Å². The molecule has 0 bridgehead atoms. The van der Waals surface area contributed by atoms with Gasteiger partial charge in [0.15, 0.2) is 0 Å². The number of anilines is 3. The lowest BCUT2D eigenvalue weighted by molar-refractivity contribution is -0.114. The Morgan fingerprint density at radius 3 is 1.95 bits per heavy atom. The molecule has 1 amide bonds. The van der Waals surface area contributed by atoms with Crippen molar-refractivity contribution in [3.63, 3.8) is 0 Å². The number of nitrogens with zero attached hydrogens (tertiary/aromatic N) is 1. The molecule has 0 aliphatic rings. The van der Waals surface area contributed by atoms with Crippen molar-refractivity contribution in [3.05, 3.63) is 114 Å². The summed E-state index contributed by atoms with van der Waals surface area (Å²) in [6, 6.07) is 28.5. The van der Waals surface area contributed by atoms with E-state index in [-0.39, 0.29) is 9.79 Å². The van der Waals surface area contributed by atoms with Crippen LogP contribution < -0.4 is 14.3 Å². The van der Waals surface area contributed by atoms with Crippen LogP contribution in [0, 0.1) is 0 Å². The van der Waals surface area contributed by atoms with Crippen LogP contribution in [-0.2, 0) is 24.8 Å². The molecule has 4 aromatic carbocycles. The number of sulfonamides is 2. The number of carbonyl (C=O) groups excluding carboxylic acids is 1. The van der Waals surface area contributed by atoms with Gasteiger partial charge in [-0.1, -0.05) is 58.4 Å². The Hall–Kier alpha value is -3.67. The Labute approximate surface area is 224 Å². The van der Waals surface area contributed by atoms with Crippen molar-refractivity contribution in [1.29, 1.82) is 0 Å². The van der Waals surface area contributed by atoms with Crippen LogP contribution in [0.3, 0.4) is 0 Å². The van der Waals surface area contributed by atoms with E-state index in [4.69, 9.17) is 0 Å². The fourth-order valence-electron chi connectivity index (χ4n) is 3.43. The van der Waals surface area contributed by atoms with Crippen LogP contribution in [0.4, 0.5) is 17.1 Å². The van der Waals surface area contributed by atoms with Gasteiger partial charge >= 0.3 is 0 Å². The first-order valence-corrected chi connectivity index (χ1v) is 14.7. The van der Waals surface area contributed by atoms with Crippen LogP contribution in [0.2, 0.25) is 0 Å². The van der Waals surface area contributed by atoms with E-state index in [2.05, 4.69) is 26.0 Å². The van der Waals surface area contributed by atoms with Gasteiger partial charge in [-0.15, -0.1) is 0 Å². The lowest BCUT2D eigenvalue weighted by Crippen LogP contribution is -2.38. The summed E-state index contributed by atoms with van der Waals surface area (Å²) in [5, 5.41) is 2.64. The fraction of sp³-hybridized carbons (Fsp3) is 0.0385. The van der Waals surface area contributed by atoms with Gasteiger partial charge in [-0.05, 0) is 66.7 Å². The molecular weight excluding hydrogens is 578 g/mol. The van der Waals surface area contributed by atoms with Crippen molar-refractivity contribution in [2.24, 2.45) is 0 Å². The number of carbonyl (C=O) groups is 1. The minimum absolute atomic E-state index is 0.0109. The molecule has 2 N–H and O–H groups in total. The van der Waals surface area contributed by atoms with Crippen molar-refractivity contribution < 1.29 is 21.6 Å². The average molecular weight is 601 g/mol. The number of para-hydroxylation sites is 1. The van der Waals surface area contributed by atoms with Gasteiger partial charge in [0, 0.05) is 15.8 Å². The summed E-state index contributed by atoms with van der Waals surface area (Å²) in [5.74, 6) is -0.600. The molecule has 0 atom stereocenters. The van der Waals surface area contributed by atoms with Gasteiger partial charge in [0.1, 0.15) is 6.54 Å². The van der Waals surface area contributed by atoms with Crippen molar-refractivity contribution >= 4 is 58.9 Å². The highest BCUT2D eigenvalue weighted by atomic mass is 79.9. The lowest BCUT2D eigenvalue weighted by atomic mass is 10.3. The summed E-state index contributed by atoms with van der Waals surface area (Å²) < 4.78 is 56.2. The Morgan fingerprint density at radius 1 is 0.703 bits per heavy atom. The first-order chi connectivity index (χ1) is 17.6. The Morgan fingerprint density at radius 2 is 1.32 bits per heavy atom. The lowest BCUT2D eigenvalue weighted by Gasteiger charge is -2.24. The first-order valence-electron chi connectivity index (χ1n) is 11.0. The predicted molar refractivity (Wildman–Crippen MR) is 147 cm³/mol. The average Bonchev–Trinajstić information content (AvgIpc) is 2.88. The molecule has 190 valence electrons. The topological polar surface area (TPSA) is 113 Å². The zero-order valence-electron chi connectivity index (χ0n) is 19.3. The van der Waals surface area contributed by atoms with Crippen LogP contribution in [0.15, 0.2) is 123 Å². The molecule has 8 nitrogen and oxygen atoms in total. The maximum absolute atomic E-state index is 13.4. The van der Waals surface area contributed by atoms with Crippen molar-refractivity contribution in [2.45, 2.75) is 9.79 Å². The van der Waals surface area contributed by atoms with Crippen LogP contribution in [-0.4, -0.2) is 29.3 Å². The van der Waals surface area contributed by atoms with E-state index in [9.17, 15) is 21.6 Å². The molecular formula is C26H22BrN3O5S2. The second kappa shape index (κ2) is 11.2. The summed E-state index contributed by atoms with van der Waals surface area (Å²) in [6.07, 6.45) is 0. The molecule has 0 saturated carbocycles. The summed E-state index contributed by atoms with van der Waals surface area (Å²) in [4.78, 5) is 13.0. The van der Waals surface area contributed by atoms with Crippen molar-refractivity contribution in [3.8, 4) is 0 Å². The van der Waals surface area contributed by atoms with E-state index in [0.29, 0.717) is 21.5 Å². The third-order valence-corrected chi connectivity index (χ3v) is 8.87. The number of hydrogen-bond acceptors (Lipinski definition) is 5. The van der Waals surface area contributed by atoms with E-state index >= 15 is 0 Å². The van der Waals surface area contributed by atoms with Gasteiger partial charge in [-0.2, -0.15) is 0 Å². The minimum Gasteiger partial charge on any atom is -0.325 e. The first kappa shape index (κ1) is 26.4. The highest BCUT2D eigenvalue weighted by Crippen LogP contribution is 2.26. The van der Waals surface area contributed by atoms with Gasteiger partial charge in [0.25, 0.3) is 20.0 Å². The molecule has 4 rings (SSSR count). The summed E-state index contributed by atoms with van der Waals surface area (Å²) in [5.41, 5.74) is 1.05. The second-order valence-corrected chi connectivity index (χ2v) is 12.3. The smallest absolute Gasteiger partial charge is 0.264 e. The molecule has 4 aromatic rings. The molecule has 0 aliphatic carbocycles. The van der Waals surface area contributed by atoms with Crippen LogP contribution in [0.1, 0.15) is 0 Å². The van der Waals surface area contributed by atoms with E-state index < -0.39 is 32.5 Å². The normalized spacial score (nSPS) is 11.5. The minimum atomic E-state index is -4.05. The van der Waals surface area contributed by atoms with Crippen LogP contribution >= 0.6 is 15.9 Å². The monoisotopic (exact) mass is 599 g/mol. The standard InChI is InChI=1S/C26H22BrN3O5S2/c27-20-8-7-11-23(18-20)30(37(34,35)25-12-5-2-6-13-25)19-26(31)28-21-14-16-24(17-15-21)36(32,33)29-22-9-3-1-4-10-22/h1-18,29H,19H2,(H,28,31). The molecule has 0 radical (unpaired) electrons. The zero-order chi connectivity index (χ0) is 26.5.